The maximum atomic E-state index is 8.07. The van der Waals surface area contributed by atoms with Crippen LogP contribution in [-0.4, -0.2) is 24.8 Å². The predicted octanol–water partition coefficient (Wildman–Crippen LogP) is 4.83. The van der Waals surface area contributed by atoms with Crippen molar-refractivity contribution >= 4 is 18.6 Å². The molecular formula is C12H28Cl2NOTi-. The average molecular weight is 321 g/mol. The first-order valence-electron chi connectivity index (χ1n) is 6.16. The summed E-state index contributed by atoms with van der Waals surface area (Å²) in [5.74, 6) is 1.45. The second-order valence-corrected chi connectivity index (χ2v) is 7.10. The molecule has 0 aliphatic carbocycles. The molecule has 0 radical (unpaired) electrons. The molecule has 5 heteroatoms. The Morgan fingerprint density at radius 2 is 1.41 bits per heavy atom. The van der Waals surface area contributed by atoms with Crippen molar-refractivity contribution in [3.8, 4) is 0 Å². The van der Waals surface area contributed by atoms with Gasteiger partial charge in [-0.1, -0.05) is 52.9 Å². The van der Waals surface area contributed by atoms with Crippen LogP contribution in [0.3, 0.4) is 0 Å². The Morgan fingerprint density at radius 3 is 1.53 bits per heavy atom. The summed E-state index contributed by atoms with van der Waals surface area (Å²) in [6.45, 7) is 13.2. The zero-order valence-electron chi connectivity index (χ0n) is 11.8. The van der Waals surface area contributed by atoms with Crippen LogP contribution in [0.2, 0.25) is 0 Å². The van der Waals surface area contributed by atoms with Crippen molar-refractivity contribution < 1.29 is 22.1 Å². The van der Waals surface area contributed by atoms with E-state index in [0.29, 0.717) is 6.61 Å². The van der Waals surface area contributed by atoms with Crippen LogP contribution in [0.25, 0.3) is 5.32 Å². The number of aliphatic hydroxyl groups is 1. The van der Waals surface area contributed by atoms with Gasteiger partial charge in [0.2, 0.25) is 0 Å². The van der Waals surface area contributed by atoms with Crippen LogP contribution in [-0.2, 0) is 17.0 Å². The van der Waals surface area contributed by atoms with Crippen LogP contribution in [0, 0.1) is 11.8 Å². The first-order chi connectivity index (χ1) is 7.95. The molecule has 0 saturated heterocycles. The zero-order valence-corrected chi connectivity index (χ0v) is 14.9. The van der Waals surface area contributed by atoms with Crippen molar-refractivity contribution in [2.24, 2.45) is 11.8 Å². The van der Waals surface area contributed by atoms with E-state index in [0.717, 1.165) is 37.8 Å². The molecule has 0 amide bonds. The van der Waals surface area contributed by atoms with Gasteiger partial charge in [-0.25, -0.2) is 0 Å². The van der Waals surface area contributed by atoms with E-state index in [-0.39, 0.29) is 0 Å². The van der Waals surface area contributed by atoms with E-state index >= 15 is 0 Å². The summed E-state index contributed by atoms with van der Waals surface area (Å²) in [5.41, 5.74) is 0. The fourth-order valence-corrected chi connectivity index (χ4v) is 0.749. The van der Waals surface area contributed by atoms with Gasteiger partial charge >= 0.3 is 35.6 Å². The number of rotatable bonds is 6. The molecule has 0 rings (SSSR count). The van der Waals surface area contributed by atoms with E-state index in [1.807, 2.05) is 0 Å². The number of halogens is 2. The third-order valence-corrected chi connectivity index (χ3v) is 1.50. The van der Waals surface area contributed by atoms with E-state index in [9.17, 15) is 0 Å². The molecule has 0 fully saturated rings. The molecule has 0 aromatic carbocycles. The standard InChI is InChI=1S/C8H18N.C4H10O.2ClH.Ti/c1-7(2)5-9-6-8(3)4;1-2-3-4-5;;;/h7-8H,5-6H2,1-4H3;5H,2-4H2,1H3;2*1H;/q-1;;;;+2/p-2. The summed E-state index contributed by atoms with van der Waals surface area (Å²) in [4.78, 5) is 0. The van der Waals surface area contributed by atoms with Crippen molar-refractivity contribution in [1.29, 1.82) is 0 Å². The minimum atomic E-state index is -0.556. The van der Waals surface area contributed by atoms with Crippen LogP contribution >= 0.6 is 18.6 Å². The van der Waals surface area contributed by atoms with Gasteiger partial charge in [-0.3, -0.25) is 0 Å². The SMILES string of the molecule is CC(C)C[N-]CC(C)C.CCCCO.[Cl][Ti][Cl]. The normalized spacial score (nSPS) is 9.29. The first kappa shape index (κ1) is 23.3. The van der Waals surface area contributed by atoms with Gasteiger partial charge in [0.25, 0.3) is 0 Å². The van der Waals surface area contributed by atoms with Gasteiger partial charge in [-0.15, -0.1) is 13.1 Å². The molecule has 0 saturated carbocycles. The third kappa shape index (κ3) is 46.9. The summed E-state index contributed by atoms with van der Waals surface area (Å²) in [7, 11) is 9.78. The van der Waals surface area contributed by atoms with Crippen molar-refractivity contribution in [3.63, 3.8) is 0 Å². The van der Waals surface area contributed by atoms with E-state index < -0.39 is 17.0 Å². The monoisotopic (exact) mass is 320 g/mol. The Kier molecular flexibility index (Phi) is 30.7. The summed E-state index contributed by atoms with van der Waals surface area (Å²) in [6, 6.07) is 0. The Balaban J connectivity index is -0.000000207. The molecule has 17 heavy (non-hydrogen) atoms. The summed E-state index contributed by atoms with van der Waals surface area (Å²) in [6.07, 6.45) is 2.04. The fraction of sp³-hybridized carbons (Fsp3) is 1.00. The number of hydrogen-bond donors (Lipinski definition) is 1. The van der Waals surface area contributed by atoms with Crippen molar-refractivity contribution in [2.45, 2.75) is 47.5 Å². The van der Waals surface area contributed by atoms with E-state index in [1.54, 1.807) is 0 Å². The number of unbranched alkanes of at least 4 members (excludes halogenated alkanes) is 1. The molecule has 0 unspecified atom stereocenters. The predicted molar refractivity (Wildman–Crippen MR) is 76.5 cm³/mol. The fourth-order valence-electron chi connectivity index (χ4n) is 0.749. The van der Waals surface area contributed by atoms with Gasteiger partial charge in [0.15, 0.2) is 0 Å². The summed E-state index contributed by atoms with van der Waals surface area (Å²) in [5, 5.41) is 12.4. The van der Waals surface area contributed by atoms with Crippen LogP contribution < -0.4 is 0 Å². The minimum absolute atomic E-state index is 0.344. The molecule has 0 spiro atoms. The molecule has 1 N–H and O–H groups in total. The van der Waals surface area contributed by atoms with Crippen molar-refractivity contribution in [3.05, 3.63) is 5.32 Å². The quantitative estimate of drug-likeness (QED) is 0.699. The summed E-state index contributed by atoms with van der Waals surface area (Å²) < 4.78 is 0. The third-order valence-electron chi connectivity index (χ3n) is 1.50. The second-order valence-electron chi connectivity index (χ2n) is 4.53. The van der Waals surface area contributed by atoms with Gasteiger partial charge in [-0.2, -0.15) is 0 Å². The van der Waals surface area contributed by atoms with Crippen LogP contribution in [0.1, 0.15) is 47.5 Å². The molecule has 0 aromatic rings. The number of nitrogens with zero attached hydrogens (tertiary/aromatic N) is 1. The Morgan fingerprint density at radius 1 is 1.06 bits per heavy atom. The second kappa shape index (κ2) is 22.4. The molecule has 106 valence electrons. The molecule has 0 aliphatic heterocycles. The Hall–Kier alpha value is 1.21. The maximum absolute atomic E-state index is 8.07. The molecule has 0 aromatic heterocycles. The molecular weight excluding hydrogens is 293 g/mol. The topological polar surface area (TPSA) is 34.3 Å². The van der Waals surface area contributed by atoms with E-state index in [2.05, 4.69) is 39.9 Å². The van der Waals surface area contributed by atoms with Crippen molar-refractivity contribution in [2.75, 3.05) is 19.7 Å². The van der Waals surface area contributed by atoms with Crippen LogP contribution in [0.15, 0.2) is 0 Å². The van der Waals surface area contributed by atoms with Crippen LogP contribution in [0.4, 0.5) is 0 Å². The Labute approximate surface area is 125 Å². The molecule has 2 nitrogen and oxygen atoms in total. The van der Waals surface area contributed by atoms with E-state index in [1.165, 1.54) is 0 Å². The van der Waals surface area contributed by atoms with Gasteiger partial charge in [-0.05, 0) is 6.42 Å². The summed E-state index contributed by atoms with van der Waals surface area (Å²) >= 11 is -0.556. The van der Waals surface area contributed by atoms with Crippen LogP contribution in [0.5, 0.6) is 0 Å². The van der Waals surface area contributed by atoms with Crippen molar-refractivity contribution in [1.82, 2.24) is 0 Å². The first-order valence-corrected chi connectivity index (χ1v) is 10.5. The average Bonchev–Trinajstić information content (AvgIpc) is 2.19. The van der Waals surface area contributed by atoms with E-state index in [4.69, 9.17) is 23.7 Å². The molecule has 0 heterocycles. The Bertz CT molecular complexity index is 107. The molecule has 0 aliphatic rings. The number of hydrogen-bond acceptors (Lipinski definition) is 1. The molecule has 0 bridgehead atoms. The van der Waals surface area contributed by atoms with Gasteiger partial charge in [0.05, 0.1) is 0 Å². The number of aliphatic hydroxyl groups excluding tert-OH is 1. The van der Waals surface area contributed by atoms with Gasteiger partial charge in [0, 0.05) is 6.61 Å². The van der Waals surface area contributed by atoms with Gasteiger partial charge < -0.3 is 10.4 Å². The zero-order chi connectivity index (χ0) is 14.1. The van der Waals surface area contributed by atoms with Gasteiger partial charge in [0.1, 0.15) is 0 Å². The molecule has 0 atom stereocenters.